The molecule has 1 rings (SSSR count). The number of aliphatic hydroxyl groups is 1. The van der Waals surface area contributed by atoms with Gasteiger partial charge in [-0.25, -0.2) is 0 Å². The topological polar surface area (TPSA) is 41.5 Å². The Morgan fingerprint density at radius 1 is 1.41 bits per heavy atom. The normalized spacial score (nSPS) is 28.1. The van der Waals surface area contributed by atoms with E-state index in [-0.39, 0.29) is 6.61 Å². The van der Waals surface area contributed by atoms with Gasteiger partial charge in [0.15, 0.2) is 0 Å². The van der Waals surface area contributed by atoms with E-state index in [1.54, 1.807) is 7.11 Å². The Balaban J connectivity index is 3.02. The third kappa shape index (κ3) is 2.97. The van der Waals surface area contributed by atoms with Crippen molar-refractivity contribution in [1.29, 1.82) is 0 Å². The lowest BCUT2D eigenvalue weighted by Crippen LogP contribution is -2.39. The molecule has 0 bridgehead atoms. The van der Waals surface area contributed by atoms with Crippen LogP contribution in [0.1, 0.15) is 20.8 Å². The fourth-order valence-electron chi connectivity index (χ4n) is 2.69. The van der Waals surface area contributed by atoms with Gasteiger partial charge in [0, 0.05) is 25.0 Å². The van der Waals surface area contributed by atoms with Gasteiger partial charge < -0.3 is 15.2 Å². The second kappa shape index (κ2) is 6.34. The lowest BCUT2D eigenvalue weighted by molar-refractivity contribution is 0.152. The van der Waals surface area contributed by atoms with Crippen molar-refractivity contribution in [2.24, 2.45) is 11.8 Å². The van der Waals surface area contributed by atoms with E-state index in [4.69, 9.17) is 4.74 Å². The van der Waals surface area contributed by atoms with E-state index in [1.807, 2.05) is 7.05 Å². The van der Waals surface area contributed by atoms with E-state index in [0.717, 1.165) is 5.57 Å². The first-order valence-corrected chi connectivity index (χ1v) is 6.18. The molecule has 0 aromatic rings. The van der Waals surface area contributed by atoms with Gasteiger partial charge in [0.25, 0.3) is 0 Å². The van der Waals surface area contributed by atoms with Crippen LogP contribution in [0.5, 0.6) is 0 Å². The van der Waals surface area contributed by atoms with Crippen molar-refractivity contribution in [3.8, 4) is 0 Å². The van der Waals surface area contributed by atoms with Gasteiger partial charge in [-0.2, -0.15) is 0 Å². The van der Waals surface area contributed by atoms with Gasteiger partial charge in [0.2, 0.25) is 0 Å². The van der Waals surface area contributed by atoms with Crippen molar-refractivity contribution in [2.75, 3.05) is 27.4 Å². The summed E-state index contributed by atoms with van der Waals surface area (Å²) in [5.74, 6) is 0.640. The summed E-state index contributed by atoms with van der Waals surface area (Å²) in [5.41, 5.74) is 3.79. The van der Waals surface area contributed by atoms with Crippen LogP contribution in [0.25, 0.3) is 0 Å². The van der Waals surface area contributed by atoms with Crippen LogP contribution in [-0.2, 0) is 4.74 Å². The Morgan fingerprint density at radius 3 is 2.47 bits per heavy atom. The van der Waals surface area contributed by atoms with Crippen LogP contribution < -0.4 is 5.32 Å². The highest BCUT2D eigenvalue weighted by Crippen LogP contribution is 2.36. The van der Waals surface area contributed by atoms with Crippen LogP contribution in [0.4, 0.5) is 0 Å². The molecule has 0 heterocycles. The number of hydrogen-bond donors (Lipinski definition) is 2. The summed E-state index contributed by atoms with van der Waals surface area (Å²) in [4.78, 5) is 0. The molecule has 0 fully saturated rings. The van der Waals surface area contributed by atoms with Gasteiger partial charge in [-0.3, -0.25) is 0 Å². The van der Waals surface area contributed by atoms with E-state index in [2.05, 4.69) is 32.2 Å². The van der Waals surface area contributed by atoms with Gasteiger partial charge in [-0.1, -0.05) is 17.2 Å². The number of aliphatic hydroxyl groups excluding tert-OH is 1. The van der Waals surface area contributed by atoms with Crippen LogP contribution in [0.2, 0.25) is 0 Å². The van der Waals surface area contributed by atoms with E-state index in [9.17, 15) is 5.11 Å². The zero-order valence-corrected chi connectivity index (χ0v) is 11.6. The Kier molecular flexibility index (Phi) is 5.37. The molecule has 0 saturated heterocycles. The summed E-state index contributed by atoms with van der Waals surface area (Å²) < 4.78 is 5.26. The minimum absolute atomic E-state index is 0.133. The molecular weight excluding hydrogens is 214 g/mol. The zero-order chi connectivity index (χ0) is 13.0. The molecule has 0 aromatic carbocycles. The largest absolute Gasteiger partial charge is 0.392 e. The quantitative estimate of drug-likeness (QED) is 0.718. The van der Waals surface area contributed by atoms with E-state index >= 15 is 0 Å². The lowest BCUT2D eigenvalue weighted by atomic mass is 9.85. The van der Waals surface area contributed by atoms with Gasteiger partial charge in [0.1, 0.15) is 0 Å². The number of hydrogen-bond acceptors (Lipinski definition) is 3. The van der Waals surface area contributed by atoms with Crippen molar-refractivity contribution < 1.29 is 9.84 Å². The molecule has 98 valence electrons. The van der Waals surface area contributed by atoms with Gasteiger partial charge in [0.05, 0.1) is 13.2 Å². The molecule has 0 spiro atoms. The van der Waals surface area contributed by atoms with Crippen molar-refractivity contribution in [1.82, 2.24) is 5.32 Å². The van der Waals surface area contributed by atoms with E-state index in [0.29, 0.717) is 24.5 Å². The zero-order valence-electron chi connectivity index (χ0n) is 11.6. The van der Waals surface area contributed by atoms with E-state index < -0.39 is 0 Å². The molecule has 0 amide bonds. The van der Waals surface area contributed by atoms with Gasteiger partial charge in [-0.05, 0) is 33.4 Å². The van der Waals surface area contributed by atoms with Crippen LogP contribution in [0, 0.1) is 11.8 Å². The van der Waals surface area contributed by atoms with Gasteiger partial charge >= 0.3 is 0 Å². The molecular formula is C14H25NO2. The standard InChI is InChI=1S/C14H25NO2/c1-9(2)10(3)13-11(7-16)6-12(8-17-5)14(13)15-4/h6,12-16H,7-8H2,1-5H3. The van der Waals surface area contributed by atoms with Crippen LogP contribution in [0.3, 0.4) is 0 Å². The predicted octanol–water partition coefficient (Wildman–Crippen LogP) is 1.74. The molecule has 0 aromatic heterocycles. The molecule has 1 aliphatic carbocycles. The molecule has 3 unspecified atom stereocenters. The lowest BCUT2D eigenvalue weighted by Gasteiger charge is -2.27. The maximum absolute atomic E-state index is 9.51. The monoisotopic (exact) mass is 239 g/mol. The number of methoxy groups -OCH3 is 1. The van der Waals surface area contributed by atoms with Gasteiger partial charge in [-0.15, -0.1) is 0 Å². The molecule has 0 saturated carbocycles. The second-order valence-electron chi connectivity index (χ2n) is 4.99. The maximum atomic E-state index is 9.51. The second-order valence-corrected chi connectivity index (χ2v) is 4.99. The first kappa shape index (κ1) is 14.4. The summed E-state index contributed by atoms with van der Waals surface area (Å²) >= 11 is 0. The van der Waals surface area contributed by atoms with Crippen LogP contribution in [0.15, 0.2) is 22.8 Å². The Morgan fingerprint density at radius 2 is 2.06 bits per heavy atom. The number of ether oxygens (including phenoxy) is 1. The Hall–Kier alpha value is -0.640. The first-order valence-electron chi connectivity index (χ1n) is 6.18. The van der Waals surface area contributed by atoms with Crippen molar-refractivity contribution in [3.05, 3.63) is 22.8 Å². The first-order chi connectivity index (χ1) is 8.06. The minimum atomic E-state index is 0.133. The number of rotatable bonds is 5. The molecule has 3 nitrogen and oxygen atoms in total. The Bertz CT molecular complexity index is 316. The van der Waals surface area contributed by atoms with Crippen molar-refractivity contribution in [3.63, 3.8) is 0 Å². The minimum Gasteiger partial charge on any atom is -0.392 e. The SMILES string of the molecule is CNC1C(COC)C=C(CO)C1C(C)=C(C)C. The summed E-state index contributed by atoms with van der Waals surface area (Å²) in [7, 11) is 3.70. The summed E-state index contributed by atoms with van der Waals surface area (Å²) in [6, 6.07) is 0.326. The Labute approximate surface area is 105 Å². The summed E-state index contributed by atoms with van der Waals surface area (Å²) in [6.45, 7) is 7.24. The maximum Gasteiger partial charge on any atom is 0.0648 e. The average Bonchev–Trinajstić information content (AvgIpc) is 2.66. The molecule has 0 aliphatic heterocycles. The van der Waals surface area contributed by atoms with Crippen molar-refractivity contribution >= 4 is 0 Å². The number of nitrogens with one attached hydrogen (secondary N) is 1. The highest BCUT2D eigenvalue weighted by Gasteiger charge is 2.36. The van der Waals surface area contributed by atoms with Crippen LogP contribution in [-0.4, -0.2) is 38.5 Å². The summed E-state index contributed by atoms with van der Waals surface area (Å²) in [6.07, 6.45) is 2.17. The smallest absolute Gasteiger partial charge is 0.0648 e. The molecule has 0 radical (unpaired) electrons. The number of allylic oxidation sites excluding steroid dienone is 1. The fraction of sp³-hybridized carbons (Fsp3) is 0.714. The highest BCUT2D eigenvalue weighted by molar-refractivity contribution is 5.32. The molecule has 17 heavy (non-hydrogen) atoms. The molecule has 1 aliphatic rings. The third-order valence-electron chi connectivity index (χ3n) is 3.78. The average molecular weight is 239 g/mol. The van der Waals surface area contributed by atoms with E-state index in [1.165, 1.54) is 11.1 Å². The molecule has 3 heteroatoms. The highest BCUT2D eigenvalue weighted by atomic mass is 16.5. The molecule has 2 N–H and O–H groups in total. The van der Waals surface area contributed by atoms with Crippen molar-refractivity contribution in [2.45, 2.75) is 26.8 Å². The fourth-order valence-corrected chi connectivity index (χ4v) is 2.69. The summed E-state index contributed by atoms with van der Waals surface area (Å²) in [5, 5.41) is 12.9. The molecule has 3 atom stereocenters. The predicted molar refractivity (Wildman–Crippen MR) is 70.9 cm³/mol. The van der Waals surface area contributed by atoms with Crippen LogP contribution >= 0.6 is 0 Å². The third-order valence-corrected chi connectivity index (χ3v) is 3.78.